The van der Waals surface area contributed by atoms with E-state index in [1.54, 1.807) is 0 Å². The number of hydrogen-bond acceptors (Lipinski definition) is 1. The maximum atomic E-state index is 4.11. The quantitative estimate of drug-likeness (QED) is 0.698. The van der Waals surface area contributed by atoms with Gasteiger partial charge in [-0.3, -0.25) is 0 Å². The van der Waals surface area contributed by atoms with Gasteiger partial charge >= 0.3 is 0 Å². The summed E-state index contributed by atoms with van der Waals surface area (Å²) < 4.78 is 0. The highest BCUT2D eigenvalue weighted by Gasteiger charge is 2.14. The van der Waals surface area contributed by atoms with Crippen LogP contribution >= 0.6 is 0 Å². The fraction of sp³-hybridized carbons (Fsp3) is 0.500. The lowest BCUT2D eigenvalue weighted by molar-refractivity contribution is 0.649. The van der Waals surface area contributed by atoms with Gasteiger partial charge in [0.15, 0.2) is 0 Å². The van der Waals surface area contributed by atoms with E-state index in [0.29, 0.717) is 5.92 Å². The molecule has 1 heteroatoms. The van der Waals surface area contributed by atoms with Crippen molar-refractivity contribution >= 4 is 0 Å². The zero-order chi connectivity index (χ0) is 9.84. The molecular weight excluding hydrogens is 158 g/mol. The van der Waals surface area contributed by atoms with E-state index in [1.807, 2.05) is 6.08 Å². The molecule has 0 unspecified atom stereocenters. The van der Waals surface area contributed by atoms with Crippen LogP contribution in [-0.2, 0) is 0 Å². The first kappa shape index (κ1) is 10.1. The van der Waals surface area contributed by atoms with Gasteiger partial charge in [0, 0.05) is 12.2 Å². The van der Waals surface area contributed by atoms with E-state index in [0.717, 1.165) is 13.0 Å². The topological polar surface area (TPSA) is 12.0 Å². The Labute approximate surface area is 81.2 Å². The van der Waals surface area contributed by atoms with Crippen LogP contribution in [0.4, 0.5) is 0 Å². The second kappa shape index (κ2) is 4.31. The third kappa shape index (κ3) is 2.24. The zero-order valence-electron chi connectivity index (χ0n) is 8.69. The molecule has 1 aliphatic heterocycles. The third-order valence-electron chi connectivity index (χ3n) is 2.51. The van der Waals surface area contributed by atoms with Crippen LogP contribution < -0.4 is 5.32 Å². The molecule has 1 heterocycles. The Hall–Kier alpha value is -0.980. The second-order valence-corrected chi connectivity index (χ2v) is 3.81. The Morgan fingerprint density at radius 3 is 2.77 bits per heavy atom. The van der Waals surface area contributed by atoms with Crippen molar-refractivity contribution in [2.45, 2.75) is 26.7 Å². The summed E-state index contributed by atoms with van der Waals surface area (Å²) in [6.45, 7) is 13.4. The first-order valence-electron chi connectivity index (χ1n) is 4.95. The molecule has 1 nitrogen and oxygen atoms in total. The summed E-state index contributed by atoms with van der Waals surface area (Å²) in [7, 11) is 0. The lowest BCUT2D eigenvalue weighted by Gasteiger charge is -2.23. The molecule has 0 atom stereocenters. The van der Waals surface area contributed by atoms with Crippen LogP contribution in [0, 0.1) is 5.92 Å². The van der Waals surface area contributed by atoms with Crippen LogP contribution in [0.5, 0.6) is 0 Å². The van der Waals surface area contributed by atoms with Crippen LogP contribution in [0.25, 0.3) is 0 Å². The first-order chi connectivity index (χ1) is 6.16. The van der Waals surface area contributed by atoms with Crippen molar-refractivity contribution in [1.29, 1.82) is 0 Å². The van der Waals surface area contributed by atoms with E-state index < -0.39 is 0 Å². The van der Waals surface area contributed by atoms with Gasteiger partial charge in [-0.1, -0.05) is 33.1 Å². The summed E-state index contributed by atoms with van der Waals surface area (Å²) in [6.07, 6.45) is 4.29. The molecule has 0 amide bonds. The second-order valence-electron chi connectivity index (χ2n) is 3.81. The van der Waals surface area contributed by atoms with Crippen LogP contribution in [0.15, 0.2) is 36.1 Å². The van der Waals surface area contributed by atoms with Gasteiger partial charge in [-0.05, 0) is 29.9 Å². The minimum atomic E-state index is 0.510. The van der Waals surface area contributed by atoms with Crippen molar-refractivity contribution in [3.63, 3.8) is 0 Å². The van der Waals surface area contributed by atoms with Crippen molar-refractivity contribution in [3.05, 3.63) is 36.1 Å². The highest BCUT2D eigenvalue weighted by molar-refractivity contribution is 5.39. The number of allylic oxidation sites excluding steroid dienone is 3. The molecule has 0 saturated heterocycles. The SMILES string of the molecule is C=CC1=C(C(=C)C(C)C)NCCC1. The summed E-state index contributed by atoms with van der Waals surface area (Å²) in [5, 5.41) is 3.41. The molecule has 1 aliphatic rings. The summed E-state index contributed by atoms with van der Waals surface area (Å²) in [5.74, 6) is 0.510. The molecule has 0 aromatic heterocycles. The highest BCUT2D eigenvalue weighted by Crippen LogP contribution is 2.24. The maximum Gasteiger partial charge on any atom is 0.0401 e. The number of rotatable bonds is 3. The Morgan fingerprint density at radius 2 is 2.23 bits per heavy atom. The Kier molecular flexibility index (Phi) is 3.35. The van der Waals surface area contributed by atoms with E-state index in [1.165, 1.54) is 23.3 Å². The van der Waals surface area contributed by atoms with Gasteiger partial charge in [-0.25, -0.2) is 0 Å². The smallest absolute Gasteiger partial charge is 0.0401 e. The van der Waals surface area contributed by atoms with Gasteiger partial charge in [0.25, 0.3) is 0 Å². The van der Waals surface area contributed by atoms with Crippen molar-refractivity contribution in [1.82, 2.24) is 5.32 Å². The Bertz CT molecular complexity index is 246. The van der Waals surface area contributed by atoms with E-state index in [4.69, 9.17) is 0 Å². The fourth-order valence-corrected chi connectivity index (χ4v) is 1.54. The molecule has 1 N–H and O–H groups in total. The van der Waals surface area contributed by atoms with Crippen LogP contribution in [0.2, 0.25) is 0 Å². The lowest BCUT2D eigenvalue weighted by Crippen LogP contribution is -2.23. The Morgan fingerprint density at radius 1 is 1.54 bits per heavy atom. The van der Waals surface area contributed by atoms with Crippen molar-refractivity contribution < 1.29 is 0 Å². The van der Waals surface area contributed by atoms with Crippen molar-refractivity contribution in [3.8, 4) is 0 Å². The standard InChI is InChI=1S/C12H19N/c1-5-11-7-6-8-13-12(11)10(4)9(2)3/h5,9,13H,1,4,6-8H2,2-3H3. The predicted octanol–water partition coefficient (Wildman–Crippen LogP) is 3.02. The molecule has 1 rings (SSSR count). The van der Waals surface area contributed by atoms with Crippen molar-refractivity contribution in [2.24, 2.45) is 5.92 Å². The van der Waals surface area contributed by atoms with E-state index in [9.17, 15) is 0 Å². The minimum Gasteiger partial charge on any atom is -0.385 e. The predicted molar refractivity (Wildman–Crippen MR) is 58.4 cm³/mol. The maximum absolute atomic E-state index is 4.11. The summed E-state index contributed by atoms with van der Waals surface area (Å²) in [6, 6.07) is 0. The number of nitrogens with one attached hydrogen (secondary N) is 1. The van der Waals surface area contributed by atoms with E-state index in [-0.39, 0.29) is 0 Å². The minimum absolute atomic E-state index is 0.510. The van der Waals surface area contributed by atoms with Crippen molar-refractivity contribution in [2.75, 3.05) is 6.54 Å². The molecule has 0 aliphatic carbocycles. The fourth-order valence-electron chi connectivity index (χ4n) is 1.54. The van der Waals surface area contributed by atoms with E-state index >= 15 is 0 Å². The summed E-state index contributed by atoms with van der Waals surface area (Å²) >= 11 is 0. The molecule has 72 valence electrons. The van der Waals surface area contributed by atoms with Gasteiger partial charge in [0.1, 0.15) is 0 Å². The summed E-state index contributed by atoms with van der Waals surface area (Å²) in [4.78, 5) is 0. The highest BCUT2D eigenvalue weighted by atomic mass is 14.9. The molecular formula is C12H19N. The molecule has 0 aromatic carbocycles. The first-order valence-corrected chi connectivity index (χ1v) is 4.95. The van der Waals surface area contributed by atoms with Gasteiger partial charge in [0.2, 0.25) is 0 Å². The van der Waals surface area contributed by atoms with Gasteiger partial charge in [0.05, 0.1) is 0 Å². The normalized spacial score (nSPS) is 17.2. The molecule has 0 spiro atoms. The molecule has 0 aromatic rings. The lowest BCUT2D eigenvalue weighted by atomic mass is 9.94. The average Bonchev–Trinajstić information content (AvgIpc) is 2.16. The van der Waals surface area contributed by atoms with Crippen LogP contribution in [0.3, 0.4) is 0 Å². The van der Waals surface area contributed by atoms with Gasteiger partial charge in [-0.2, -0.15) is 0 Å². The zero-order valence-corrected chi connectivity index (χ0v) is 8.69. The molecule has 0 fully saturated rings. The third-order valence-corrected chi connectivity index (χ3v) is 2.51. The van der Waals surface area contributed by atoms with Gasteiger partial charge < -0.3 is 5.32 Å². The number of hydrogen-bond donors (Lipinski definition) is 1. The van der Waals surface area contributed by atoms with Crippen LogP contribution in [-0.4, -0.2) is 6.54 Å². The van der Waals surface area contributed by atoms with Gasteiger partial charge in [-0.15, -0.1) is 0 Å². The monoisotopic (exact) mass is 177 g/mol. The van der Waals surface area contributed by atoms with Crippen LogP contribution in [0.1, 0.15) is 26.7 Å². The summed E-state index contributed by atoms with van der Waals surface area (Å²) in [5.41, 5.74) is 3.76. The van der Waals surface area contributed by atoms with E-state index in [2.05, 4.69) is 32.3 Å². The molecule has 13 heavy (non-hydrogen) atoms. The largest absolute Gasteiger partial charge is 0.385 e. The average molecular weight is 177 g/mol. The molecule has 0 saturated carbocycles. The molecule has 0 bridgehead atoms. The molecule has 0 radical (unpaired) electrons. The Balaban J connectivity index is 2.90.